The Morgan fingerprint density at radius 2 is 1.92 bits per heavy atom. The van der Waals surface area contributed by atoms with Crippen LogP contribution in [0.1, 0.15) is 44.3 Å². The first-order valence-electron chi connectivity index (χ1n) is 8.04. The summed E-state index contributed by atoms with van der Waals surface area (Å²) in [6.45, 7) is 5.21. The molecule has 1 N–H and O–H groups in total. The fourth-order valence-electron chi connectivity index (χ4n) is 2.25. The van der Waals surface area contributed by atoms with Gasteiger partial charge < -0.3 is 14.8 Å². The molecule has 6 nitrogen and oxygen atoms in total. The van der Waals surface area contributed by atoms with Gasteiger partial charge in [0.05, 0.1) is 24.1 Å². The minimum absolute atomic E-state index is 0.137. The zero-order valence-corrected chi connectivity index (χ0v) is 15.9. The van der Waals surface area contributed by atoms with Gasteiger partial charge in [0.1, 0.15) is 5.75 Å². The lowest BCUT2D eigenvalue weighted by atomic mass is 10.1. The van der Waals surface area contributed by atoms with Crippen LogP contribution in [0.15, 0.2) is 30.3 Å². The number of thiophene rings is 1. The van der Waals surface area contributed by atoms with E-state index in [4.69, 9.17) is 9.47 Å². The van der Waals surface area contributed by atoms with Crippen molar-refractivity contribution in [2.24, 2.45) is 0 Å². The van der Waals surface area contributed by atoms with Crippen molar-refractivity contribution in [2.75, 3.05) is 7.11 Å². The van der Waals surface area contributed by atoms with E-state index >= 15 is 0 Å². The summed E-state index contributed by atoms with van der Waals surface area (Å²) >= 11 is 1.27. The van der Waals surface area contributed by atoms with E-state index in [2.05, 4.69) is 5.32 Å². The third kappa shape index (κ3) is 4.92. The lowest BCUT2D eigenvalue weighted by Gasteiger charge is -2.12. The van der Waals surface area contributed by atoms with E-state index in [-0.39, 0.29) is 11.7 Å². The topological polar surface area (TPSA) is 81.7 Å². The fourth-order valence-corrected chi connectivity index (χ4v) is 3.21. The van der Waals surface area contributed by atoms with Crippen LogP contribution >= 0.6 is 11.3 Å². The molecule has 2 aromatic rings. The van der Waals surface area contributed by atoms with Gasteiger partial charge in [-0.3, -0.25) is 9.59 Å². The molecule has 0 saturated heterocycles. The highest BCUT2D eigenvalue weighted by Crippen LogP contribution is 2.22. The largest absolute Gasteiger partial charge is 0.496 e. The van der Waals surface area contributed by atoms with E-state index in [1.165, 1.54) is 25.4 Å². The first kappa shape index (κ1) is 19.7. The Morgan fingerprint density at radius 3 is 2.58 bits per heavy atom. The van der Waals surface area contributed by atoms with E-state index < -0.39 is 12.1 Å². The van der Waals surface area contributed by atoms with Gasteiger partial charge in [-0.15, -0.1) is 11.3 Å². The Labute approximate surface area is 156 Å². The van der Waals surface area contributed by atoms with E-state index in [0.717, 1.165) is 10.4 Å². The molecule has 1 unspecified atom stereocenters. The molecule has 0 aliphatic heterocycles. The van der Waals surface area contributed by atoms with Gasteiger partial charge in [-0.05, 0) is 43.7 Å². The van der Waals surface area contributed by atoms with Crippen LogP contribution in [0, 0.1) is 6.92 Å². The van der Waals surface area contributed by atoms with Crippen molar-refractivity contribution < 1.29 is 23.9 Å². The van der Waals surface area contributed by atoms with Crippen LogP contribution in [-0.2, 0) is 16.1 Å². The van der Waals surface area contributed by atoms with Gasteiger partial charge in [-0.1, -0.05) is 6.07 Å². The quantitative estimate of drug-likeness (QED) is 0.594. The zero-order chi connectivity index (χ0) is 19.3. The first-order chi connectivity index (χ1) is 12.3. The summed E-state index contributed by atoms with van der Waals surface area (Å²) in [5.41, 5.74) is 1.23. The lowest BCUT2D eigenvalue weighted by Crippen LogP contribution is -2.23. The minimum atomic E-state index is -0.915. The molecule has 0 saturated carbocycles. The Hall–Kier alpha value is -2.67. The van der Waals surface area contributed by atoms with Crippen molar-refractivity contribution in [1.82, 2.24) is 5.32 Å². The molecule has 7 heteroatoms. The summed E-state index contributed by atoms with van der Waals surface area (Å²) in [5, 5.41) is 2.68. The molecule has 1 atom stereocenters. The third-order valence-electron chi connectivity index (χ3n) is 3.71. The molecule has 0 radical (unpaired) electrons. The third-order valence-corrected chi connectivity index (χ3v) is 4.81. The maximum absolute atomic E-state index is 12.5. The predicted molar refractivity (Wildman–Crippen MR) is 98.8 cm³/mol. The van der Waals surface area contributed by atoms with Crippen molar-refractivity contribution >= 4 is 29.0 Å². The van der Waals surface area contributed by atoms with Crippen LogP contribution in [0.3, 0.4) is 0 Å². The Morgan fingerprint density at radius 1 is 1.19 bits per heavy atom. The number of hydrogen-bond acceptors (Lipinski definition) is 6. The van der Waals surface area contributed by atoms with Gasteiger partial charge >= 0.3 is 5.97 Å². The number of benzene rings is 1. The first-order valence-corrected chi connectivity index (χ1v) is 8.86. The van der Waals surface area contributed by atoms with Crippen LogP contribution < -0.4 is 10.1 Å². The molecule has 1 aromatic heterocycles. The van der Waals surface area contributed by atoms with Crippen LogP contribution in [0.25, 0.3) is 0 Å². The normalized spacial score (nSPS) is 11.5. The van der Waals surface area contributed by atoms with Crippen molar-refractivity contribution in [3.05, 3.63) is 51.2 Å². The molecular formula is C19H21NO5S. The summed E-state index contributed by atoms with van der Waals surface area (Å²) in [6, 6.07) is 8.42. The van der Waals surface area contributed by atoms with Gasteiger partial charge in [0.25, 0.3) is 0 Å². The number of esters is 1. The summed E-state index contributed by atoms with van der Waals surface area (Å²) in [7, 11) is 1.53. The highest BCUT2D eigenvalue weighted by Gasteiger charge is 2.22. The van der Waals surface area contributed by atoms with E-state index in [1.807, 2.05) is 6.92 Å². The average molecular weight is 375 g/mol. The molecule has 0 aliphatic rings. The highest BCUT2D eigenvalue weighted by molar-refractivity contribution is 7.14. The number of ketones is 1. The van der Waals surface area contributed by atoms with Gasteiger partial charge in [0.15, 0.2) is 6.10 Å². The minimum Gasteiger partial charge on any atom is -0.496 e. The molecule has 0 aliphatic carbocycles. The van der Waals surface area contributed by atoms with Gasteiger partial charge in [-0.25, -0.2) is 4.79 Å². The summed E-state index contributed by atoms with van der Waals surface area (Å²) in [5.74, 6) is -0.419. The number of carbonyl (C=O) groups is 3. The van der Waals surface area contributed by atoms with Crippen molar-refractivity contribution in [1.29, 1.82) is 0 Å². The number of aryl methyl sites for hydroxylation is 1. The molecule has 26 heavy (non-hydrogen) atoms. The van der Waals surface area contributed by atoms with E-state index in [9.17, 15) is 14.4 Å². The van der Waals surface area contributed by atoms with Gasteiger partial charge in [0, 0.05) is 11.8 Å². The second-order valence-corrected chi connectivity index (χ2v) is 6.94. The fraction of sp³-hybridized carbons (Fsp3) is 0.316. The predicted octanol–water partition coefficient (Wildman–Crippen LogP) is 3.13. The van der Waals surface area contributed by atoms with Crippen molar-refractivity contribution in [3.8, 4) is 5.75 Å². The molecule has 0 spiro atoms. The van der Waals surface area contributed by atoms with Crippen molar-refractivity contribution in [3.63, 3.8) is 0 Å². The second-order valence-electron chi connectivity index (χ2n) is 5.77. The maximum Gasteiger partial charge on any atom is 0.338 e. The van der Waals surface area contributed by atoms with E-state index in [1.54, 1.807) is 37.3 Å². The molecule has 0 bridgehead atoms. The van der Waals surface area contributed by atoms with Gasteiger partial charge in [-0.2, -0.15) is 0 Å². The van der Waals surface area contributed by atoms with E-state index in [0.29, 0.717) is 22.7 Å². The van der Waals surface area contributed by atoms with Crippen LogP contribution in [0.2, 0.25) is 0 Å². The molecular weight excluding hydrogens is 354 g/mol. The lowest BCUT2D eigenvalue weighted by molar-refractivity contribution is -0.119. The monoisotopic (exact) mass is 375 g/mol. The highest BCUT2D eigenvalue weighted by atomic mass is 32.1. The second kappa shape index (κ2) is 8.62. The molecule has 2 rings (SSSR count). The Bertz CT molecular complexity index is 827. The molecule has 0 fully saturated rings. The molecule has 138 valence electrons. The molecule has 1 amide bonds. The number of ether oxygens (including phenoxy) is 2. The van der Waals surface area contributed by atoms with Crippen LogP contribution in [0.4, 0.5) is 0 Å². The number of Topliss-reactive ketones (excluding diaryl/α,β-unsaturated/α-hetero) is 1. The van der Waals surface area contributed by atoms with Crippen LogP contribution in [0.5, 0.6) is 5.75 Å². The van der Waals surface area contributed by atoms with Gasteiger partial charge in [0.2, 0.25) is 11.7 Å². The zero-order valence-electron chi connectivity index (χ0n) is 15.1. The summed E-state index contributed by atoms with van der Waals surface area (Å²) in [6.07, 6.45) is -0.915. The summed E-state index contributed by atoms with van der Waals surface area (Å²) in [4.78, 5) is 37.0. The smallest absolute Gasteiger partial charge is 0.338 e. The number of hydrogen-bond donors (Lipinski definition) is 1. The number of methoxy groups -OCH3 is 1. The summed E-state index contributed by atoms with van der Waals surface area (Å²) < 4.78 is 10.5. The molecule has 1 aromatic carbocycles. The number of nitrogens with one attached hydrogen (secondary N) is 1. The number of rotatable bonds is 7. The number of amides is 1. The maximum atomic E-state index is 12.5. The SMILES string of the molecule is COc1cc(C(=O)OC(C)C(=O)c2ccc(CNC(C)=O)s2)ccc1C. The molecule has 1 heterocycles. The van der Waals surface area contributed by atoms with Crippen molar-refractivity contribution in [2.45, 2.75) is 33.4 Å². The average Bonchev–Trinajstić information content (AvgIpc) is 3.08. The van der Waals surface area contributed by atoms with Crippen LogP contribution in [-0.4, -0.2) is 30.9 Å². The standard InChI is InChI=1S/C19H21NO5S/c1-11-5-6-14(9-16(11)24-4)19(23)25-12(2)18(22)17-8-7-15(26-17)10-20-13(3)21/h5-9,12H,10H2,1-4H3,(H,20,21). The Balaban J connectivity index is 2.02. The Kier molecular flexibility index (Phi) is 6.52. The number of carbonyl (C=O) groups excluding carboxylic acids is 3.